The number of carbonyl (C=O) groups is 1. The zero-order valence-corrected chi connectivity index (χ0v) is 12.2. The molecule has 2 unspecified atom stereocenters. The molecule has 6 nitrogen and oxygen atoms in total. The molecule has 0 aliphatic carbocycles. The molecular weight excluding hydrogens is 266 g/mol. The van der Waals surface area contributed by atoms with Gasteiger partial charge in [0.2, 0.25) is 5.91 Å². The van der Waals surface area contributed by atoms with E-state index in [1.165, 1.54) is 0 Å². The number of rotatable bonds is 3. The molecule has 1 amide bonds. The van der Waals surface area contributed by atoms with Crippen LogP contribution in [0.3, 0.4) is 0 Å². The van der Waals surface area contributed by atoms with Gasteiger partial charge in [-0.25, -0.2) is 8.42 Å². The molecule has 0 saturated carbocycles. The van der Waals surface area contributed by atoms with Crippen molar-refractivity contribution in [2.75, 3.05) is 37.7 Å². The molecule has 0 aromatic rings. The Kier molecular flexibility index (Phi) is 4.81. The predicted octanol–water partition coefficient (Wildman–Crippen LogP) is -1.03. The van der Waals surface area contributed by atoms with Gasteiger partial charge in [0.1, 0.15) is 0 Å². The standard InChI is InChI=1S/C12H23N3O3S/c1-10(15-6-4-13-5-7-15)12(16)14-11-3-2-8-19(17,18)9-11/h10-11,13H,2-9H2,1H3,(H,14,16). The van der Waals surface area contributed by atoms with Gasteiger partial charge in [0.05, 0.1) is 17.5 Å². The van der Waals surface area contributed by atoms with Crippen LogP contribution in [0.25, 0.3) is 0 Å². The van der Waals surface area contributed by atoms with Gasteiger partial charge in [0.25, 0.3) is 0 Å². The molecule has 2 saturated heterocycles. The molecule has 0 aromatic heterocycles. The largest absolute Gasteiger partial charge is 0.351 e. The van der Waals surface area contributed by atoms with E-state index in [4.69, 9.17) is 0 Å². The molecule has 0 aromatic carbocycles. The monoisotopic (exact) mass is 289 g/mol. The van der Waals surface area contributed by atoms with Crippen LogP contribution in [0.1, 0.15) is 19.8 Å². The summed E-state index contributed by atoms with van der Waals surface area (Å²) >= 11 is 0. The minimum Gasteiger partial charge on any atom is -0.351 e. The van der Waals surface area contributed by atoms with Gasteiger partial charge in [-0.2, -0.15) is 0 Å². The quantitative estimate of drug-likeness (QED) is 0.695. The van der Waals surface area contributed by atoms with E-state index in [0.29, 0.717) is 6.42 Å². The highest BCUT2D eigenvalue weighted by molar-refractivity contribution is 7.91. The first-order chi connectivity index (χ1) is 8.98. The van der Waals surface area contributed by atoms with Crippen LogP contribution in [0.2, 0.25) is 0 Å². The highest BCUT2D eigenvalue weighted by Crippen LogP contribution is 2.12. The van der Waals surface area contributed by atoms with Gasteiger partial charge in [-0.3, -0.25) is 9.69 Å². The number of nitrogens with zero attached hydrogens (tertiary/aromatic N) is 1. The summed E-state index contributed by atoms with van der Waals surface area (Å²) in [5, 5.41) is 6.14. The van der Waals surface area contributed by atoms with Crippen molar-refractivity contribution < 1.29 is 13.2 Å². The average Bonchev–Trinajstić information content (AvgIpc) is 2.37. The molecule has 2 fully saturated rings. The number of amides is 1. The first-order valence-corrected chi connectivity index (χ1v) is 8.76. The third-order valence-corrected chi connectivity index (χ3v) is 5.71. The summed E-state index contributed by atoms with van der Waals surface area (Å²) < 4.78 is 23.1. The number of piperazine rings is 1. The molecule has 19 heavy (non-hydrogen) atoms. The third kappa shape index (κ3) is 4.15. The number of hydrogen-bond acceptors (Lipinski definition) is 5. The predicted molar refractivity (Wildman–Crippen MR) is 73.7 cm³/mol. The fourth-order valence-electron chi connectivity index (χ4n) is 2.69. The van der Waals surface area contributed by atoms with E-state index in [2.05, 4.69) is 15.5 Å². The van der Waals surface area contributed by atoms with Crippen LogP contribution in [-0.4, -0.2) is 69.0 Å². The molecule has 0 bridgehead atoms. The van der Waals surface area contributed by atoms with Gasteiger partial charge in [-0.05, 0) is 19.8 Å². The summed E-state index contributed by atoms with van der Waals surface area (Å²) in [6, 6.07) is -0.400. The maximum Gasteiger partial charge on any atom is 0.237 e. The minimum atomic E-state index is -2.97. The molecule has 2 N–H and O–H groups in total. The zero-order chi connectivity index (χ0) is 13.9. The molecule has 2 aliphatic heterocycles. The number of carbonyl (C=O) groups excluding carboxylic acids is 1. The highest BCUT2D eigenvalue weighted by Gasteiger charge is 2.29. The molecule has 0 radical (unpaired) electrons. The van der Waals surface area contributed by atoms with E-state index in [1.807, 2.05) is 6.92 Å². The van der Waals surface area contributed by atoms with Crippen molar-refractivity contribution >= 4 is 15.7 Å². The van der Waals surface area contributed by atoms with Gasteiger partial charge < -0.3 is 10.6 Å². The Hall–Kier alpha value is -0.660. The second-order valence-electron chi connectivity index (χ2n) is 5.42. The Morgan fingerprint density at radius 1 is 1.37 bits per heavy atom. The highest BCUT2D eigenvalue weighted by atomic mass is 32.2. The summed E-state index contributed by atoms with van der Waals surface area (Å²) in [6.07, 6.45) is 1.41. The van der Waals surface area contributed by atoms with E-state index in [0.717, 1.165) is 32.6 Å². The number of nitrogens with one attached hydrogen (secondary N) is 2. The Morgan fingerprint density at radius 2 is 2.05 bits per heavy atom. The van der Waals surface area contributed by atoms with Crippen molar-refractivity contribution in [1.82, 2.24) is 15.5 Å². The normalized spacial score (nSPS) is 29.6. The SMILES string of the molecule is CC(C(=O)NC1CCCS(=O)(=O)C1)N1CCNCC1. The maximum atomic E-state index is 12.2. The van der Waals surface area contributed by atoms with Crippen LogP contribution >= 0.6 is 0 Å². The van der Waals surface area contributed by atoms with E-state index in [-0.39, 0.29) is 29.5 Å². The van der Waals surface area contributed by atoms with Crippen LogP contribution in [0.4, 0.5) is 0 Å². The lowest BCUT2D eigenvalue weighted by molar-refractivity contribution is -0.126. The summed E-state index contributed by atoms with van der Waals surface area (Å²) in [6.45, 7) is 5.40. The maximum absolute atomic E-state index is 12.2. The Morgan fingerprint density at radius 3 is 2.68 bits per heavy atom. The summed E-state index contributed by atoms with van der Waals surface area (Å²) in [4.78, 5) is 14.3. The van der Waals surface area contributed by atoms with Gasteiger partial charge >= 0.3 is 0 Å². The molecule has 110 valence electrons. The first kappa shape index (κ1) is 14.7. The van der Waals surface area contributed by atoms with E-state index >= 15 is 0 Å². The van der Waals surface area contributed by atoms with E-state index in [9.17, 15) is 13.2 Å². The lowest BCUT2D eigenvalue weighted by atomic mass is 10.1. The van der Waals surface area contributed by atoms with Gasteiger partial charge in [-0.1, -0.05) is 0 Å². The summed E-state index contributed by atoms with van der Waals surface area (Å²) in [5.74, 6) is 0.295. The molecule has 0 spiro atoms. The van der Waals surface area contributed by atoms with Crippen LogP contribution in [0, 0.1) is 0 Å². The Bertz CT molecular complexity index is 418. The summed E-state index contributed by atoms with van der Waals surface area (Å²) in [7, 11) is -2.97. The minimum absolute atomic E-state index is 0.0519. The molecular formula is C12H23N3O3S. The Labute approximate surface area is 114 Å². The second kappa shape index (κ2) is 6.19. The van der Waals surface area contributed by atoms with Crippen molar-refractivity contribution in [3.05, 3.63) is 0 Å². The van der Waals surface area contributed by atoms with Crippen LogP contribution in [-0.2, 0) is 14.6 Å². The average molecular weight is 289 g/mol. The van der Waals surface area contributed by atoms with Crippen molar-refractivity contribution in [2.24, 2.45) is 0 Å². The van der Waals surface area contributed by atoms with Crippen molar-refractivity contribution in [3.8, 4) is 0 Å². The second-order valence-corrected chi connectivity index (χ2v) is 7.65. The number of sulfone groups is 1. The van der Waals surface area contributed by atoms with Crippen molar-refractivity contribution in [2.45, 2.75) is 31.8 Å². The van der Waals surface area contributed by atoms with Crippen LogP contribution in [0.15, 0.2) is 0 Å². The Balaban J connectivity index is 1.86. The van der Waals surface area contributed by atoms with Crippen LogP contribution < -0.4 is 10.6 Å². The fraction of sp³-hybridized carbons (Fsp3) is 0.917. The van der Waals surface area contributed by atoms with Gasteiger partial charge in [0.15, 0.2) is 9.84 Å². The summed E-state index contributed by atoms with van der Waals surface area (Å²) in [5.41, 5.74) is 0. The molecule has 2 rings (SSSR count). The zero-order valence-electron chi connectivity index (χ0n) is 11.4. The van der Waals surface area contributed by atoms with E-state index in [1.54, 1.807) is 0 Å². The third-order valence-electron chi connectivity index (χ3n) is 3.89. The topological polar surface area (TPSA) is 78.5 Å². The van der Waals surface area contributed by atoms with Gasteiger partial charge in [0, 0.05) is 32.2 Å². The molecule has 2 heterocycles. The lowest BCUT2D eigenvalue weighted by Crippen LogP contribution is -2.55. The molecule has 2 aliphatic rings. The first-order valence-electron chi connectivity index (χ1n) is 6.93. The van der Waals surface area contributed by atoms with Crippen LogP contribution in [0.5, 0.6) is 0 Å². The van der Waals surface area contributed by atoms with Crippen molar-refractivity contribution in [1.29, 1.82) is 0 Å². The number of hydrogen-bond donors (Lipinski definition) is 2. The molecule has 2 atom stereocenters. The fourth-order valence-corrected chi connectivity index (χ4v) is 4.33. The smallest absolute Gasteiger partial charge is 0.237 e. The van der Waals surface area contributed by atoms with E-state index < -0.39 is 9.84 Å². The lowest BCUT2D eigenvalue weighted by Gasteiger charge is -2.33. The van der Waals surface area contributed by atoms with Crippen molar-refractivity contribution in [3.63, 3.8) is 0 Å². The molecule has 7 heteroatoms. The van der Waals surface area contributed by atoms with Gasteiger partial charge in [-0.15, -0.1) is 0 Å².